The van der Waals surface area contributed by atoms with Crippen molar-refractivity contribution in [1.29, 1.82) is 0 Å². The summed E-state index contributed by atoms with van der Waals surface area (Å²) < 4.78 is 0. The Balaban J connectivity index is 0.00000304. The van der Waals surface area contributed by atoms with Crippen LogP contribution in [0.3, 0.4) is 0 Å². The molecule has 0 atom stereocenters. The van der Waals surface area contributed by atoms with Gasteiger partial charge in [0, 0.05) is 24.2 Å². The Hall–Kier alpha value is -2.05. The zero-order valence-corrected chi connectivity index (χ0v) is 22.7. The first-order valence-electron chi connectivity index (χ1n) is 12.5. The number of aromatic nitrogens is 1. The summed E-state index contributed by atoms with van der Waals surface area (Å²) in [5.41, 5.74) is 3.96. The SMILES string of the molecule is CC(=O)c1cnc2ccc(-c3cc(Cl)c(O)c(Cl)c3)cc2c1N[C@H]1CC[C@H](CN2CCCC2)CC1.Cl. The molecule has 1 saturated heterocycles. The van der Waals surface area contributed by atoms with E-state index in [-0.39, 0.29) is 34.0 Å². The number of pyridine rings is 1. The first kappa shape index (κ1) is 27.0. The maximum atomic E-state index is 12.5. The molecule has 1 aliphatic heterocycles. The molecule has 0 amide bonds. The van der Waals surface area contributed by atoms with Crippen LogP contribution in [-0.4, -0.2) is 46.4 Å². The van der Waals surface area contributed by atoms with Crippen LogP contribution >= 0.6 is 35.6 Å². The lowest BCUT2D eigenvalue weighted by Crippen LogP contribution is -2.33. The molecule has 3 aromatic rings. The second-order valence-corrected chi connectivity index (χ2v) is 10.8. The van der Waals surface area contributed by atoms with Gasteiger partial charge >= 0.3 is 0 Å². The molecule has 8 heteroatoms. The second kappa shape index (κ2) is 11.6. The largest absolute Gasteiger partial charge is 0.505 e. The van der Waals surface area contributed by atoms with E-state index in [1.54, 1.807) is 25.3 Å². The van der Waals surface area contributed by atoms with Gasteiger partial charge in [0.05, 0.1) is 26.8 Å². The van der Waals surface area contributed by atoms with E-state index in [0.29, 0.717) is 11.6 Å². The third-order valence-corrected chi connectivity index (χ3v) is 8.08. The maximum absolute atomic E-state index is 12.5. The van der Waals surface area contributed by atoms with Crippen molar-refractivity contribution in [2.24, 2.45) is 5.92 Å². The highest BCUT2D eigenvalue weighted by atomic mass is 35.5. The number of rotatable bonds is 6. The molecule has 2 aliphatic rings. The number of halogens is 3. The van der Waals surface area contributed by atoms with Crippen LogP contribution in [0.5, 0.6) is 5.75 Å². The molecular weight excluding hydrogens is 517 g/mol. The van der Waals surface area contributed by atoms with Crippen molar-refractivity contribution in [2.45, 2.75) is 51.5 Å². The van der Waals surface area contributed by atoms with Crippen molar-refractivity contribution in [1.82, 2.24) is 9.88 Å². The molecule has 2 N–H and O–H groups in total. The van der Waals surface area contributed by atoms with Gasteiger partial charge in [0.15, 0.2) is 11.5 Å². The summed E-state index contributed by atoms with van der Waals surface area (Å²) in [6.07, 6.45) is 8.98. The van der Waals surface area contributed by atoms with Crippen molar-refractivity contribution in [3.8, 4) is 16.9 Å². The van der Waals surface area contributed by atoms with Gasteiger partial charge < -0.3 is 15.3 Å². The van der Waals surface area contributed by atoms with Crippen molar-refractivity contribution in [3.63, 3.8) is 0 Å². The number of fused-ring (bicyclic) bond motifs is 1. The van der Waals surface area contributed by atoms with Crippen LogP contribution in [0.1, 0.15) is 55.8 Å². The fourth-order valence-electron chi connectivity index (χ4n) is 5.55. The number of Topliss-reactive ketones (excluding diaryl/α,β-unsaturated/α-hetero) is 1. The van der Waals surface area contributed by atoms with Gasteiger partial charge in [0.1, 0.15) is 0 Å². The Labute approximate surface area is 228 Å². The maximum Gasteiger partial charge on any atom is 0.163 e. The van der Waals surface area contributed by atoms with E-state index in [0.717, 1.165) is 46.5 Å². The summed E-state index contributed by atoms with van der Waals surface area (Å²) >= 11 is 12.3. The zero-order valence-electron chi connectivity index (χ0n) is 20.4. The molecule has 192 valence electrons. The van der Waals surface area contributed by atoms with Crippen molar-refractivity contribution < 1.29 is 9.90 Å². The average Bonchev–Trinajstić information content (AvgIpc) is 3.36. The standard InChI is InChI=1S/C28H31Cl2N3O2.ClH/c1-17(34)23-15-31-26-9-6-19(20-13-24(29)28(35)25(30)14-20)12-22(26)27(23)32-21-7-4-18(5-8-21)16-33-10-2-3-11-33;/h6,9,12-15,18,21,35H,2-5,7-8,10-11,16H2,1H3,(H,31,32);1H/t18-,21-;. The van der Waals surface area contributed by atoms with Gasteiger partial charge in [0.25, 0.3) is 0 Å². The number of aromatic hydroxyl groups is 1. The van der Waals surface area contributed by atoms with Crippen molar-refractivity contribution in [3.05, 3.63) is 52.1 Å². The highest BCUT2D eigenvalue weighted by Crippen LogP contribution is 2.39. The van der Waals surface area contributed by atoms with E-state index in [9.17, 15) is 9.90 Å². The number of nitrogens with one attached hydrogen (secondary N) is 1. The number of hydrogen-bond donors (Lipinski definition) is 2. The molecule has 1 aliphatic carbocycles. The Morgan fingerprint density at radius 3 is 2.36 bits per heavy atom. The van der Waals surface area contributed by atoms with Crippen molar-refractivity contribution in [2.75, 3.05) is 25.0 Å². The van der Waals surface area contributed by atoms with Gasteiger partial charge in [-0.1, -0.05) is 29.3 Å². The third kappa shape index (κ3) is 5.75. The quantitative estimate of drug-likeness (QED) is 0.310. The van der Waals surface area contributed by atoms with Crippen LogP contribution in [0.4, 0.5) is 5.69 Å². The van der Waals surface area contributed by atoms with Gasteiger partial charge in [-0.15, -0.1) is 12.4 Å². The molecule has 0 radical (unpaired) electrons. The fraction of sp³-hybridized carbons (Fsp3) is 0.429. The number of benzene rings is 2. The molecule has 2 heterocycles. The van der Waals surface area contributed by atoms with Crippen LogP contribution in [0.25, 0.3) is 22.0 Å². The van der Waals surface area contributed by atoms with Gasteiger partial charge in [-0.05, 0) is 99.8 Å². The minimum absolute atomic E-state index is 0. The number of carbonyl (C=O) groups excluding carboxylic acids is 1. The molecule has 36 heavy (non-hydrogen) atoms. The summed E-state index contributed by atoms with van der Waals surface area (Å²) in [4.78, 5) is 19.7. The summed E-state index contributed by atoms with van der Waals surface area (Å²) in [7, 11) is 0. The number of carbonyl (C=O) groups is 1. The Morgan fingerprint density at radius 1 is 1.06 bits per heavy atom. The van der Waals surface area contributed by atoms with Crippen LogP contribution in [0.2, 0.25) is 10.0 Å². The summed E-state index contributed by atoms with van der Waals surface area (Å²) in [5, 5.41) is 15.0. The minimum Gasteiger partial charge on any atom is -0.505 e. The minimum atomic E-state index is -0.124. The molecular formula is C28H32Cl3N3O2. The van der Waals surface area contributed by atoms with E-state index in [4.69, 9.17) is 23.2 Å². The number of likely N-dealkylation sites (tertiary alicyclic amines) is 1. The monoisotopic (exact) mass is 547 g/mol. The lowest BCUT2D eigenvalue weighted by atomic mass is 9.85. The van der Waals surface area contributed by atoms with Crippen LogP contribution < -0.4 is 5.32 Å². The van der Waals surface area contributed by atoms with Crippen LogP contribution in [0, 0.1) is 5.92 Å². The number of nitrogens with zero attached hydrogens (tertiary/aromatic N) is 2. The number of anilines is 1. The molecule has 5 nitrogen and oxygen atoms in total. The van der Waals surface area contributed by atoms with E-state index in [1.165, 1.54) is 45.3 Å². The van der Waals surface area contributed by atoms with Crippen LogP contribution in [-0.2, 0) is 0 Å². The number of phenolic OH excluding ortho intramolecular Hbond substituents is 1. The predicted molar refractivity (Wildman–Crippen MR) is 151 cm³/mol. The topological polar surface area (TPSA) is 65.5 Å². The average molecular weight is 549 g/mol. The molecule has 0 spiro atoms. The lowest BCUT2D eigenvalue weighted by molar-refractivity contribution is 0.101. The molecule has 2 fully saturated rings. The second-order valence-electron chi connectivity index (χ2n) is 9.99. The normalized spacial score (nSPS) is 20.3. The molecule has 1 aromatic heterocycles. The number of hydrogen-bond acceptors (Lipinski definition) is 5. The lowest BCUT2D eigenvalue weighted by Gasteiger charge is -2.32. The fourth-order valence-corrected chi connectivity index (χ4v) is 6.04. The third-order valence-electron chi connectivity index (χ3n) is 7.51. The van der Waals surface area contributed by atoms with E-state index in [2.05, 4.69) is 15.2 Å². The first-order chi connectivity index (χ1) is 16.9. The smallest absolute Gasteiger partial charge is 0.163 e. The molecule has 0 bridgehead atoms. The Bertz CT molecular complexity index is 1230. The van der Waals surface area contributed by atoms with E-state index < -0.39 is 0 Å². The molecule has 5 rings (SSSR count). The van der Waals surface area contributed by atoms with Gasteiger partial charge in [0.2, 0.25) is 0 Å². The van der Waals surface area contributed by atoms with Crippen LogP contribution in [0.15, 0.2) is 36.5 Å². The molecule has 0 unspecified atom stereocenters. The predicted octanol–water partition coefficient (Wildman–Crippen LogP) is 7.61. The number of ketones is 1. The summed E-state index contributed by atoms with van der Waals surface area (Å²) in [6, 6.07) is 9.64. The van der Waals surface area contributed by atoms with Gasteiger partial charge in [-0.25, -0.2) is 0 Å². The number of phenols is 1. The molecule has 2 aromatic carbocycles. The summed E-state index contributed by atoms with van der Waals surface area (Å²) in [5.74, 6) is 0.634. The summed E-state index contributed by atoms with van der Waals surface area (Å²) in [6.45, 7) is 5.32. The highest BCUT2D eigenvalue weighted by molar-refractivity contribution is 6.37. The molecule has 1 saturated carbocycles. The Kier molecular flexibility index (Phi) is 8.67. The van der Waals surface area contributed by atoms with E-state index >= 15 is 0 Å². The van der Waals surface area contributed by atoms with Gasteiger partial charge in [-0.2, -0.15) is 0 Å². The first-order valence-corrected chi connectivity index (χ1v) is 13.3. The van der Waals surface area contributed by atoms with Crippen molar-refractivity contribution >= 4 is 58.0 Å². The Morgan fingerprint density at radius 2 is 1.72 bits per heavy atom. The van der Waals surface area contributed by atoms with Gasteiger partial charge in [-0.3, -0.25) is 9.78 Å². The highest BCUT2D eigenvalue weighted by Gasteiger charge is 2.25. The zero-order chi connectivity index (χ0) is 24.5. The van der Waals surface area contributed by atoms with E-state index in [1.807, 2.05) is 18.2 Å².